The van der Waals surface area contributed by atoms with E-state index in [4.69, 9.17) is 0 Å². The lowest BCUT2D eigenvalue weighted by Gasteiger charge is -2.29. The maximum Gasteiger partial charge on any atom is 0.243 e. The fourth-order valence-corrected chi connectivity index (χ4v) is 5.67. The minimum Gasteiger partial charge on any atom is -0.261 e. The van der Waals surface area contributed by atoms with Gasteiger partial charge in [-0.05, 0) is 49.4 Å². The molecule has 6 nitrogen and oxygen atoms in total. The van der Waals surface area contributed by atoms with Gasteiger partial charge in [0.15, 0.2) is 5.65 Å². The number of aryl methyl sites for hydroxylation is 3. The van der Waals surface area contributed by atoms with Gasteiger partial charge in [-0.25, -0.2) is 13.4 Å². The van der Waals surface area contributed by atoms with Crippen LogP contribution in [0.2, 0.25) is 0 Å². The van der Waals surface area contributed by atoms with Crippen molar-refractivity contribution < 1.29 is 8.42 Å². The smallest absolute Gasteiger partial charge is 0.243 e. The van der Waals surface area contributed by atoms with E-state index in [1.807, 2.05) is 32.9 Å². The van der Waals surface area contributed by atoms with Crippen LogP contribution in [0, 0.1) is 20.8 Å². The van der Waals surface area contributed by atoms with Gasteiger partial charge in [-0.1, -0.05) is 17.7 Å². The molecule has 0 amide bonds. The Hall–Kier alpha value is -2.25. The van der Waals surface area contributed by atoms with E-state index < -0.39 is 10.0 Å². The zero-order chi connectivity index (χ0) is 17.8. The van der Waals surface area contributed by atoms with Crippen LogP contribution in [0.25, 0.3) is 11.0 Å². The number of aromatic amines is 1. The molecule has 0 saturated heterocycles. The van der Waals surface area contributed by atoms with Gasteiger partial charge >= 0.3 is 0 Å². The molecular weight excluding hydrogens is 336 g/mol. The van der Waals surface area contributed by atoms with Gasteiger partial charge in [-0.3, -0.25) is 5.10 Å². The molecule has 0 atom stereocenters. The van der Waals surface area contributed by atoms with Crippen LogP contribution < -0.4 is 0 Å². The molecule has 0 aliphatic carbocycles. The van der Waals surface area contributed by atoms with Gasteiger partial charge in [0.2, 0.25) is 10.0 Å². The number of hydrogen-bond acceptors (Lipinski definition) is 4. The standard InChI is InChI=1S/C18H20N4O2S/c1-11-6-12(2)17(13(3)7-11)25(23,24)22-5-4-15-14(10-22)8-19-18-16(15)9-20-21-18/h6-9H,4-5,10H2,1-3H3,(H,19,20,21). The predicted molar refractivity (Wildman–Crippen MR) is 95.8 cm³/mol. The van der Waals surface area contributed by atoms with Crippen molar-refractivity contribution >= 4 is 21.1 Å². The van der Waals surface area contributed by atoms with Gasteiger partial charge in [-0.15, -0.1) is 0 Å². The molecule has 0 saturated carbocycles. The minimum atomic E-state index is -3.54. The lowest BCUT2D eigenvalue weighted by atomic mass is 10.0. The van der Waals surface area contributed by atoms with Crippen LogP contribution in [-0.4, -0.2) is 34.4 Å². The van der Waals surface area contributed by atoms with Crippen molar-refractivity contribution in [2.45, 2.75) is 38.6 Å². The summed E-state index contributed by atoms with van der Waals surface area (Å²) in [4.78, 5) is 4.78. The van der Waals surface area contributed by atoms with E-state index in [1.165, 1.54) is 0 Å². The second kappa shape index (κ2) is 5.64. The summed E-state index contributed by atoms with van der Waals surface area (Å²) in [6, 6.07) is 3.85. The van der Waals surface area contributed by atoms with Crippen LogP contribution in [0.15, 0.2) is 29.4 Å². The highest BCUT2D eigenvalue weighted by molar-refractivity contribution is 7.89. The Kier molecular flexibility index (Phi) is 3.66. The number of hydrogen-bond donors (Lipinski definition) is 1. The van der Waals surface area contributed by atoms with E-state index in [-0.39, 0.29) is 0 Å². The third-order valence-electron chi connectivity index (χ3n) is 4.84. The molecule has 3 aromatic rings. The second-order valence-electron chi connectivity index (χ2n) is 6.71. The van der Waals surface area contributed by atoms with Crippen LogP contribution >= 0.6 is 0 Å². The molecule has 1 aliphatic rings. The lowest BCUT2D eigenvalue weighted by Crippen LogP contribution is -2.36. The number of rotatable bonds is 2. The number of aromatic nitrogens is 3. The first-order valence-corrected chi connectivity index (χ1v) is 9.70. The van der Waals surface area contributed by atoms with Gasteiger partial charge in [0.05, 0.1) is 11.1 Å². The van der Waals surface area contributed by atoms with Gasteiger partial charge in [0.1, 0.15) is 0 Å². The fourth-order valence-electron chi connectivity index (χ4n) is 3.84. The van der Waals surface area contributed by atoms with Crippen molar-refractivity contribution in [1.29, 1.82) is 0 Å². The minimum absolute atomic E-state index is 0.346. The summed E-state index contributed by atoms with van der Waals surface area (Å²) in [6.45, 7) is 6.52. The highest BCUT2D eigenvalue weighted by atomic mass is 32.2. The summed E-state index contributed by atoms with van der Waals surface area (Å²) in [5, 5.41) is 7.88. The van der Waals surface area contributed by atoms with Gasteiger partial charge < -0.3 is 0 Å². The Balaban J connectivity index is 1.76. The number of pyridine rings is 1. The monoisotopic (exact) mass is 356 g/mol. The van der Waals surface area contributed by atoms with Crippen LogP contribution in [-0.2, 0) is 23.0 Å². The maximum atomic E-state index is 13.3. The number of sulfonamides is 1. The van der Waals surface area contributed by atoms with Crippen molar-refractivity contribution in [1.82, 2.24) is 19.5 Å². The topological polar surface area (TPSA) is 79.0 Å². The summed E-state index contributed by atoms with van der Waals surface area (Å²) in [6.07, 6.45) is 4.18. The highest BCUT2D eigenvalue weighted by Gasteiger charge is 2.31. The summed E-state index contributed by atoms with van der Waals surface area (Å²) in [7, 11) is -3.54. The fraction of sp³-hybridized carbons (Fsp3) is 0.333. The van der Waals surface area contributed by atoms with E-state index in [9.17, 15) is 8.42 Å². The van der Waals surface area contributed by atoms with Crippen molar-refractivity contribution in [2.24, 2.45) is 0 Å². The molecule has 0 spiro atoms. The van der Waals surface area contributed by atoms with Gasteiger partial charge in [-0.2, -0.15) is 9.40 Å². The molecule has 4 rings (SSSR count). The van der Waals surface area contributed by atoms with E-state index >= 15 is 0 Å². The number of H-pyrrole nitrogens is 1. The molecule has 0 bridgehead atoms. The first-order valence-electron chi connectivity index (χ1n) is 8.26. The van der Waals surface area contributed by atoms with E-state index in [0.29, 0.717) is 24.4 Å². The number of fused-ring (bicyclic) bond motifs is 3. The summed E-state index contributed by atoms with van der Waals surface area (Å²) >= 11 is 0. The number of benzene rings is 1. The van der Waals surface area contributed by atoms with Crippen molar-refractivity contribution in [3.8, 4) is 0 Å². The summed E-state index contributed by atoms with van der Waals surface area (Å²) < 4.78 is 28.1. The first kappa shape index (κ1) is 16.2. The average Bonchev–Trinajstić information content (AvgIpc) is 3.02. The van der Waals surface area contributed by atoms with Gasteiger partial charge in [0, 0.05) is 24.7 Å². The van der Waals surface area contributed by atoms with E-state index in [1.54, 1.807) is 16.7 Å². The Morgan fingerprint density at radius 3 is 2.56 bits per heavy atom. The van der Waals surface area contributed by atoms with Crippen LogP contribution in [0.4, 0.5) is 0 Å². The number of nitrogens with zero attached hydrogens (tertiary/aromatic N) is 3. The molecule has 25 heavy (non-hydrogen) atoms. The second-order valence-corrected chi connectivity index (χ2v) is 8.59. The van der Waals surface area contributed by atoms with Crippen molar-refractivity contribution in [3.05, 3.63) is 52.3 Å². The van der Waals surface area contributed by atoms with E-state index in [2.05, 4.69) is 15.2 Å². The molecule has 2 aromatic heterocycles. The molecule has 0 unspecified atom stereocenters. The van der Waals surface area contributed by atoms with Crippen LogP contribution in [0.1, 0.15) is 27.8 Å². The lowest BCUT2D eigenvalue weighted by molar-refractivity contribution is 0.391. The third kappa shape index (κ3) is 2.54. The highest BCUT2D eigenvalue weighted by Crippen LogP contribution is 2.31. The quantitative estimate of drug-likeness (QED) is 0.765. The molecule has 0 radical (unpaired) electrons. The molecule has 130 valence electrons. The first-order chi connectivity index (χ1) is 11.9. The van der Waals surface area contributed by atoms with Crippen molar-refractivity contribution in [2.75, 3.05) is 6.54 Å². The zero-order valence-electron chi connectivity index (χ0n) is 14.5. The maximum absolute atomic E-state index is 13.3. The molecule has 7 heteroatoms. The van der Waals surface area contributed by atoms with Crippen molar-refractivity contribution in [3.63, 3.8) is 0 Å². The molecule has 1 aromatic carbocycles. The van der Waals surface area contributed by atoms with Crippen LogP contribution in [0.5, 0.6) is 0 Å². The Morgan fingerprint density at radius 2 is 1.84 bits per heavy atom. The Bertz CT molecular complexity index is 1060. The van der Waals surface area contributed by atoms with Crippen LogP contribution in [0.3, 0.4) is 0 Å². The Morgan fingerprint density at radius 1 is 1.12 bits per heavy atom. The summed E-state index contributed by atoms with van der Waals surface area (Å²) in [5.41, 5.74) is 5.51. The molecular formula is C18H20N4O2S. The molecule has 1 aliphatic heterocycles. The molecule has 0 fully saturated rings. The van der Waals surface area contributed by atoms with Gasteiger partial charge in [0.25, 0.3) is 0 Å². The summed E-state index contributed by atoms with van der Waals surface area (Å²) in [5.74, 6) is 0. The predicted octanol–water partition coefficient (Wildman–Crippen LogP) is 2.63. The average molecular weight is 356 g/mol. The number of nitrogens with one attached hydrogen (secondary N) is 1. The normalized spacial score (nSPS) is 15.5. The largest absolute Gasteiger partial charge is 0.261 e. The Labute approximate surface area is 146 Å². The van der Waals surface area contributed by atoms with E-state index in [0.717, 1.165) is 38.9 Å². The SMILES string of the molecule is Cc1cc(C)c(S(=O)(=O)N2CCc3c(cnc4[nH]ncc34)C2)c(C)c1. The third-order valence-corrected chi connectivity index (χ3v) is 6.99. The zero-order valence-corrected chi connectivity index (χ0v) is 15.3. The molecule has 1 N–H and O–H groups in total. The molecule has 3 heterocycles.